The Kier molecular flexibility index (Phi) is 2.80. The van der Waals surface area contributed by atoms with Crippen molar-refractivity contribution in [3.05, 3.63) is 20.4 Å². The molecule has 0 aliphatic heterocycles. The Morgan fingerprint density at radius 3 is 3.00 bits per heavy atom. The van der Waals surface area contributed by atoms with E-state index in [9.17, 15) is 5.02 Å². The predicted molar refractivity (Wildman–Crippen MR) is 67.2 cm³/mol. The molecule has 14 heavy (non-hydrogen) atoms. The van der Waals surface area contributed by atoms with E-state index in [-0.39, 0.29) is 0 Å². The van der Waals surface area contributed by atoms with Crippen LogP contribution in [0.4, 0.5) is 0 Å². The number of halogens is 2. The lowest BCUT2D eigenvalue weighted by atomic mass is 9.89. The number of nitrogens with zero attached hydrogens (tertiary/aromatic N) is 3. The van der Waals surface area contributed by atoms with Crippen LogP contribution in [0.15, 0.2) is 16.7 Å². The quantitative estimate of drug-likeness (QED) is 0.619. The minimum atomic E-state index is -0.658. The summed E-state index contributed by atoms with van der Waals surface area (Å²) in [6.45, 7) is 1.66. The van der Waals surface area contributed by atoms with Gasteiger partial charge in [-0.15, -0.1) is 0 Å². The lowest BCUT2D eigenvalue weighted by Crippen LogP contribution is -2.21. The number of hydrogen-bond acceptors (Lipinski definition) is 3. The Labute approximate surface area is 103 Å². The first-order valence-corrected chi connectivity index (χ1v) is 5.84. The third-order valence-electron chi connectivity index (χ3n) is 1.82. The van der Waals surface area contributed by atoms with Gasteiger partial charge in [-0.25, -0.2) is 4.98 Å². The molecule has 2 aromatic heterocycles. The summed E-state index contributed by atoms with van der Waals surface area (Å²) < 4.78 is 3.25. The highest BCUT2D eigenvalue weighted by atomic mass is 127. The van der Waals surface area contributed by atoms with E-state index in [2.05, 4.69) is 48.6 Å². The van der Waals surface area contributed by atoms with Gasteiger partial charge < -0.3 is 5.02 Å². The first-order valence-electron chi connectivity index (χ1n) is 3.97. The van der Waals surface area contributed by atoms with Crippen LogP contribution in [-0.4, -0.2) is 26.7 Å². The Hall–Kier alpha value is -0.145. The molecule has 4 nitrogen and oxygen atoms in total. The molecule has 0 spiro atoms. The monoisotopic (exact) mass is 365 g/mol. The van der Waals surface area contributed by atoms with Crippen LogP contribution in [0.3, 0.4) is 0 Å². The number of hydrogen-bond donors (Lipinski definition) is 1. The molecular formula is C7H6BBrIN3O. The lowest BCUT2D eigenvalue weighted by Gasteiger charge is -2.00. The summed E-state index contributed by atoms with van der Waals surface area (Å²) >= 11 is 5.47. The second-order valence-electron chi connectivity index (χ2n) is 2.89. The van der Waals surface area contributed by atoms with Crippen LogP contribution in [0, 0.1) is 3.70 Å². The summed E-state index contributed by atoms with van der Waals surface area (Å²) in [7, 11) is -0.658. The SMILES string of the molecule is CB(O)n1nc(I)c2cc(Br)cnc21. The molecule has 0 bridgehead atoms. The summed E-state index contributed by atoms with van der Waals surface area (Å²) in [5.74, 6) is 0. The van der Waals surface area contributed by atoms with Gasteiger partial charge in [0.05, 0.1) is 5.39 Å². The smallest absolute Gasteiger partial charge is 0.431 e. The zero-order valence-corrected chi connectivity index (χ0v) is 11.0. The maximum atomic E-state index is 9.45. The van der Waals surface area contributed by atoms with Crippen molar-refractivity contribution in [2.75, 3.05) is 0 Å². The molecule has 0 amide bonds. The van der Waals surface area contributed by atoms with Crippen molar-refractivity contribution in [1.82, 2.24) is 14.7 Å². The Morgan fingerprint density at radius 1 is 1.64 bits per heavy atom. The van der Waals surface area contributed by atoms with Crippen molar-refractivity contribution >= 4 is 56.6 Å². The van der Waals surface area contributed by atoms with Crippen LogP contribution >= 0.6 is 38.5 Å². The third-order valence-corrected chi connectivity index (χ3v) is 3.05. The van der Waals surface area contributed by atoms with E-state index < -0.39 is 7.05 Å². The highest BCUT2D eigenvalue weighted by Crippen LogP contribution is 2.21. The molecule has 0 atom stereocenters. The first-order chi connectivity index (χ1) is 6.59. The van der Waals surface area contributed by atoms with E-state index in [1.807, 2.05) is 6.07 Å². The first kappa shape index (κ1) is 10.4. The van der Waals surface area contributed by atoms with Crippen LogP contribution < -0.4 is 0 Å². The topological polar surface area (TPSA) is 50.9 Å². The zero-order valence-electron chi connectivity index (χ0n) is 7.28. The van der Waals surface area contributed by atoms with Gasteiger partial charge in [0.1, 0.15) is 9.35 Å². The van der Waals surface area contributed by atoms with Crippen LogP contribution in [0.1, 0.15) is 0 Å². The maximum Gasteiger partial charge on any atom is 0.433 e. The van der Waals surface area contributed by atoms with Crippen LogP contribution in [0.25, 0.3) is 11.0 Å². The van der Waals surface area contributed by atoms with Gasteiger partial charge in [0.15, 0.2) is 0 Å². The summed E-state index contributed by atoms with van der Waals surface area (Å²) in [6.07, 6.45) is 1.69. The lowest BCUT2D eigenvalue weighted by molar-refractivity contribution is 0.554. The average molecular weight is 366 g/mol. The molecule has 1 N–H and O–H groups in total. The second-order valence-corrected chi connectivity index (χ2v) is 4.83. The van der Waals surface area contributed by atoms with E-state index in [0.29, 0.717) is 5.65 Å². The number of rotatable bonds is 1. The molecule has 2 rings (SSSR count). The van der Waals surface area contributed by atoms with E-state index in [1.54, 1.807) is 13.0 Å². The van der Waals surface area contributed by atoms with Crippen LogP contribution in [0.5, 0.6) is 0 Å². The molecule has 2 heterocycles. The van der Waals surface area contributed by atoms with Gasteiger partial charge in [0.2, 0.25) is 0 Å². The third kappa shape index (κ3) is 1.68. The van der Waals surface area contributed by atoms with Gasteiger partial charge in [-0.2, -0.15) is 5.10 Å². The average Bonchev–Trinajstić information content (AvgIpc) is 2.44. The fourth-order valence-corrected chi connectivity index (χ4v) is 2.18. The van der Waals surface area contributed by atoms with E-state index in [4.69, 9.17) is 0 Å². The second kappa shape index (κ2) is 3.78. The summed E-state index contributed by atoms with van der Waals surface area (Å²) in [5, 5.41) is 14.6. The summed E-state index contributed by atoms with van der Waals surface area (Å²) in [5.41, 5.74) is 0.701. The van der Waals surface area contributed by atoms with Crippen molar-refractivity contribution in [2.45, 2.75) is 6.82 Å². The van der Waals surface area contributed by atoms with Crippen molar-refractivity contribution in [3.63, 3.8) is 0 Å². The largest absolute Gasteiger partial charge is 0.433 e. The van der Waals surface area contributed by atoms with Gasteiger partial charge in [0, 0.05) is 10.7 Å². The van der Waals surface area contributed by atoms with Gasteiger partial charge in [-0.05, 0) is 51.4 Å². The molecule has 0 aromatic carbocycles. The predicted octanol–water partition coefficient (Wildman–Crippen LogP) is 1.76. The Balaban J connectivity index is 2.77. The fraction of sp³-hybridized carbons (Fsp3) is 0.143. The highest BCUT2D eigenvalue weighted by Gasteiger charge is 2.16. The van der Waals surface area contributed by atoms with Gasteiger partial charge in [-0.3, -0.25) is 4.59 Å². The zero-order chi connectivity index (χ0) is 10.3. The normalized spacial score (nSPS) is 10.9. The molecule has 0 saturated heterocycles. The minimum Gasteiger partial charge on any atom is -0.431 e. The van der Waals surface area contributed by atoms with E-state index in [0.717, 1.165) is 13.6 Å². The summed E-state index contributed by atoms with van der Waals surface area (Å²) in [4.78, 5) is 4.21. The molecule has 7 heteroatoms. The molecule has 72 valence electrons. The standard InChI is InChI=1S/C7H6BBrIN3O/c1-8(14)13-7-5(6(10)12-13)2-4(9)3-11-7/h2-3,14H,1H3. The molecule has 0 aliphatic rings. The molecule has 0 saturated carbocycles. The molecule has 0 fully saturated rings. The van der Waals surface area contributed by atoms with Crippen molar-refractivity contribution < 1.29 is 5.02 Å². The molecule has 0 radical (unpaired) electrons. The maximum absolute atomic E-state index is 9.45. The van der Waals surface area contributed by atoms with Crippen molar-refractivity contribution in [2.24, 2.45) is 0 Å². The summed E-state index contributed by atoms with van der Waals surface area (Å²) in [6, 6.07) is 1.94. The van der Waals surface area contributed by atoms with Gasteiger partial charge in [0.25, 0.3) is 0 Å². The van der Waals surface area contributed by atoms with Gasteiger partial charge in [-0.1, -0.05) is 0 Å². The number of fused-ring (bicyclic) bond motifs is 1. The Bertz CT molecular complexity index is 487. The minimum absolute atomic E-state index is 0.658. The molecule has 0 aliphatic carbocycles. The Morgan fingerprint density at radius 2 is 2.36 bits per heavy atom. The van der Waals surface area contributed by atoms with Crippen molar-refractivity contribution in [1.29, 1.82) is 0 Å². The van der Waals surface area contributed by atoms with Crippen LogP contribution in [0.2, 0.25) is 6.82 Å². The van der Waals surface area contributed by atoms with E-state index >= 15 is 0 Å². The number of pyridine rings is 1. The number of aromatic nitrogens is 3. The van der Waals surface area contributed by atoms with Crippen LogP contribution in [-0.2, 0) is 0 Å². The van der Waals surface area contributed by atoms with Crippen molar-refractivity contribution in [3.8, 4) is 0 Å². The molecule has 0 unspecified atom stereocenters. The fourth-order valence-electron chi connectivity index (χ4n) is 1.22. The van der Waals surface area contributed by atoms with Gasteiger partial charge >= 0.3 is 7.05 Å². The molecular weight excluding hydrogens is 360 g/mol. The highest BCUT2D eigenvalue weighted by molar-refractivity contribution is 14.1. The van der Waals surface area contributed by atoms with E-state index in [1.165, 1.54) is 4.59 Å². The molecule has 2 aromatic rings.